The number of esters is 1. The van der Waals surface area contributed by atoms with Crippen molar-refractivity contribution < 1.29 is 24.0 Å². The lowest BCUT2D eigenvalue weighted by Gasteiger charge is -2.08. The lowest BCUT2D eigenvalue weighted by molar-refractivity contribution is -0.384. The number of ether oxygens (including phenoxy) is 2. The van der Waals surface area contributed by atoms with Crippen molar-refractivity contribution in [2.75, 3.05) is 18.5 Å². The van der Waals surface area contributed by atoms with Gasteiger partial charge in [-0.3, -0.25) is 14.9 Å². The summed E-state index contributed by atoms with van der Waals surface area (Å²) in [7, 11) is 0. The molecule has 8 nitrogen and oxygen atoms in total. The van der Waals surface area contributed by atoms with Crippen LogP contribution in [0.3, 0.4) is 0 Å². The summed E-state index contributed by atoms with van der Waals surface area (Å²) in [5.41, 5.74) is 0.894. The summed E-state index contributed by atoms with van der Waals surface area (Å²) in [5, 5.41) is 13.4. The second-order valence-corrected chi connectivity index (χ2v) is 6.42. The molecule has 0 radical (unpaired) electrons. The fourth-order valence-corrected chi connectivity index (χ4v) is 2.55. The second kappa shape index (κ2) is 12.0. The summed E-state index contributed by atoms with van der Waals surface area (Å²) in [6.07, 6.45) is 4.73. The van der Waals surface area contributed by atoms with Crippen LogP contribution in [0.15, 0.2) is 61.2 Å². The van der Waals surface area contributed by atoms with Crippen LogP contribution in [0.5, 0.6) is 5.75 Å². The summed E-state index contributed by atoms with van der Waals surface area (Å²) in [6, 6.07) is 12.4. The summed E-state index contributed by atoms with van der Waals surface area (Å²) < 4.78 is 10.6. The standard InChI is InChI=1S/C22H24N2O6/c1-2-21(25)30-16-6-4-3-5-15-29-20-13-7-17(8-14-20)22(26)23-18-9-11-19(12-10-18)24(27)28/h2,7-14H,1,3-6,15-16H2,(H,23,26). The van der Waals surface area contributed by atoms with Crippen LogP contribution in [0.25, 0.3) is 0 Å². The third-order valence-corrected chi connectivity index (χ3v) is 4.17. The number of unbranched alkanes of at least 4 members (excludes halogenated alkanes) is 3. The summed E-state index contributed by atoms with van der Waals surface area (Å²) in [4.78, 5) is 33.3. The molecule has 1 N–H and O–H groups in total. The van der Waals surface area contributed by atoms with Gasteiger partial charge in [0.2, 0.25) is 0 Å². The van der Waals surface area contributed by atoms with Crippen LogP contribution < -0.4 is 10.1 Å². The zero-order valence-corrected chi connectivity index (χ0v) is 16.5. The van der Waals surface area contributed by atoms with Crippen LogP contribution in [0.2, 0.25) is 0 Å². The molecule has 0 saturated carbocycles. The van der Waals surface area contributed by atoms with Gasteiger partial charge < -0.3 is 14.8 Å². The number of nitro groups is 1. The number of hydrogen-bond donors (Lipinski definition) is 1. The highest BCUT2D eigenvalue weighted by Gasteiger charge is 2.08. The van der Waals surface area contributed by atoms with Gasteiger partial charge in [0.05, 0.1) is 18.1 Å². The highest BCUT2D eigenvalue weighted by molar-refractivity contribution is 6.04. The molecule has 1 amide bonds. The van der Waals surface area contributed by atoms with Gasteiger partial charge in [-0.15, -0.1) is 0 Å². The van der Waals surface area contributed by atoms with Crippen molar-refractivity contribution in [1.29, 1.82) is 0 Å². The van der Waals surface area contributed by atoms with Crippen molar-refractivity contribution in [2.45, 2.75) is 25.7 Å². The monoisotopic (exact) mass is 412 g/mol. The normalized spacial score (nSPS) is 10.1. The molecule has 0 saturated heterocycles. The molecule has 0 fully saturated rings. The number of carbonyl (C=O) groups is 2. The van der Waals surface area contributed by atoms with Gasteiger partial charge in [0.25, 0.3) is 11.6 Å². The first-order chi connectivity index (χ1) is 14.5. The molecule has 158 valence electrons. The first kappa shape index (κ1) is 22.6. The number of nitro benzene ring substituents is 1. The quantitative estimate of drug-likeness (QED) is 0.181. The van der Waals surface area contributed by atoms with E-state index in [9.17, 15) is 19.7 Å². The average molecular weight is 412 g/mol. The summed E-state index contributed by atoms with van der Waals surface area (Å²) in [5.74, 6) is -0.0439. The van der Waals surface area contributed by atoms with E-state index in [1.165, 1.54) is 24.3 Å². The Morgan fingerprint density at radius 2 is 1.60 bits per heavy atom. The van der Waals surface area contributed by atoms with Crippen LogP contribution in [0, 0.1) is 10.1 Å². The number of anilines is 1. The summed E-state index contributed by atoms with van der Waals surface area (Å²) in [6.45, 7) is 4.29. The van der Waals surface area contributed by atoms with Crippen molar-refractivity contribution in [2.24, 2.45) is 0 Å². The molecule has 30 heavy (non-hydrogen) atoms. The van der Waals surface area contributed by atoms with E-state index in [2.05, 4.69) is 11.9 Å². The largest absolute Gasteiger partial charge is 0.494 e. The van der Waals surface area contributed by atoms with Crippen LogP contribution in [0.4, 0.5) is 11.4 Å². The zero-order chi connectivity index (χ0) is 21.8. The van der Waals surface area contributed by atoms with E-state index in [-0.39, 0.29) is 11.6 Å². The molecule has 2 rings (SSSR count). The molecule has 0 aliphatic heterocycles. The maximum atomic E-state index is 12.3. The molecule has 0 atom stereocenters. The number of benzene rings is 2. The topological polar surface area (TPSA) is 108 Å². The smallest absolute Gasteiger partial charge is 0.330 e. The number of hydrogen-bond acceptors (Lipinski definition) is 6. The van der Waals surface area contributed by atoms with Crippen molar-refractivity contribution in [1.82, 2.24) is 0 Å². The Hall–Kier alpha value is -3.68. The number of amides is 1. The van der Waals surface area contributed by atoms with E-state index >= 15 is 0 Å². The molecular formula is C22H24N2O6. The predicted octanol–water partition coefficient (Wildman–Crippen LogP) is 4.52. The molecule has 8 heteroatoms. The second-order valence-electron chi connectivity index (χ2n) is 6.42. The third kappa shape index (κ3) is 7.75. The van der Waals surface area contributed by atoms with E-state index in [1.54, 1.807) is 24.3 Å². The SMILES string of the molecule is C=CC(=O)OCCCCCCOc1ccc(C(=O)Nc2ccc([N+](=O)[O-])cc2)cc1. The fourth-order valence-electron chi connectivity index (χ4n) is 2.55. The van der Waals surface area contributed by atoms with Gasteiger partial charge in [-0.05, 0) is 62.1 Å². The zero-order valence-electron chi connectivity index (χ0n) is 16.5. The molecule has 0 unspecified atom stereocenters. The number of rotatable bonds is 12. The third-order valence-electron chi connectivity index (χ3n) is 4.17. The molecule has 0 bridgehead atoms. The Morgan fingerprint density at radius 1 is 0.967 bits per heavy atom. The highest BCUT2D eigenvalue weighted by atomic mass is 16.6. The molecule has 0 heterocycles. The van der Waals surface area contributed by atoms with Crippen molar-refractivity contribution >= 4 is 23.3 Å². The Kier molecular flexibility index (Phi) is 9.05. The van der Waals surface area contributed by atoms with E-state index in [0.717, 1.165) is 31.8 Å². The number of nitrogens with zero attached hydrogens (tertiary/aromatic N) is 1. The van der Waals surface area contributed by atoms with Gasteiger partial charge in [-0.2, -0.15) is 0 Å². The van der Waals surface area contributed by atoms with E-state index in [1.807, 2.05) is 0 Å². The van der Waals surface area contributed by atoms with Gasteiger partial charge in [-0.25, -0.2) is 4.79 Å². The van der Waals surface area contributed by atoms with Gasteiger partial charge in [0, 0.05) is 29.5 Å². The summed E-state index contributed by atoms with van der Waals surface area (Å²) >= 11 is 0. The van der Waals surface area contributed by atoms with Gasteiger partial charge in [0.15, 0.2) is 0 Å². The van der Waals surface area contributed by atoms with Crippen LogP contribution in [0.1, 0.15) is 36.0 Å². The van der Waals surface area contributed by atoms with Crippen molar-refractivity contribution in [3.05, 3.63) is 76.9 Å². The lowest BCUT2D eigenvalue weighted by Crippen LogP contribution is -2.11. The number of carbonyl (C=O) groups excluding carboxylic acids is 2. The predicted molar refractivity (Wildman–Crippen MR) is 113 cm³/mol. The molecule has 0 spiro atoms. The molecule has 0 aliphatic rings. The van der Waals surface area contributed by atoms with Crippen LogP contribution in [-0.4, -0.2) is 30.0 Å². The number of non-ortho nitro benzene ring substituents is 1. The maximum Gasteiger partial charge on any atom is 0.330 e. The number of nitrogens with one attached hydrogen (secondary N) is 1. The van der Waals surface area contributed by atoms with Crippen LogP contribution >= 0.6 is 0 Å². The van der Waals surface area contributed by atoms with Gasteiger partial charge in [0.1, 0.15) is 5.75 Å². The van der Waals surface area contributed by atoms with Crippen molar-refractivity contribution in [3.8, 4) is 5.75 Å². The Balaban J connectivity index is 1.67. The van der Waals surface area contributed by atoms with E-state index in [4.69, 9.17) is 9.47 Å². The lowest BCUT2D eigenvalue weighted by atomic mass is 10.2. The minimum atomic E-state index is -0.495. The molecular weight excluding hydrogens is 388 g/mol. The average Bonchev–Trinajstić information content (AvgIpc) is 2.76. The minimum Gasteiger partial charge on any atom is -0.494 e. The Morgan fingerprint density at radius 3 is 2.20 bits per heavy atom. The molecule has 2 aromatic rings. The van der Waals surface area contributed by atoms with Crippen molar-refractivity contribution in [3.63, 3.8) is 0 Å². The highest BCUT2D eigenvalue weighted by Crippen LogP contribution is 2.18. The van der Waals surface area contributed by atoms with Gasteiger partial charge in [-0.1, -0.05) is 6.58 Å². The first-order valence-corrected chi connectivity index (χ1v) is 9.57. The Labute approximate surface area is 174 Å². The maximum absolute atomic E-state index is 12.3. The minimum absolute atomic E-state index is 0.0365. The Bertz CT molecular complexity index is 862. The first-order valence-electron chi connectivity index (χ1n) is 9.57. The van der Waals surface area contributed by atoms with Crippen LogP contribution in [-0.2, 0) is 9.53 Å². The fraction of sp³-hybridized carbons (Fsp3) is 0.273. The molecule has 0 aliphatic carbocycles. The van der Waals surface area contributed by atoms with E-state index < -0.39 is 10.9 Å². The van der Waals surface area contributed by atoms with E-state index in [0.29, 0.717) is 30.2 Å². The molecule has 0 aromatic heterocycles. The molecule has 2 aromatic carbocycles. The van der Waals surface area contributed by atoms with Gasteiger partial charge >= 0.3 is 5.97 Å².